The maximum atomic E-state index is 4.26. The molecule has 0 aliphatic rings. The van der Waals surface area contributed by atoms with Crippen LogP contribution in [0.5, 0.6) is 0 Å². The predicted molar refractivity (Wildman–Crippen MR) is 93.1 cm³/mol. The van der Waals surface area contributed by atoms with Crippen LogP contribution in [0.1, 0.15) is 41.0 Å². The molecule has 0 saturated carbocycles. The highest BCUT2D eigenvalue weighted by Crippen LogP contribution is 2.20. The van der Waals surface area contributed by atoms with Crippen LogP contribution >= 0.6 is 0 Å². The van der Waals surface area contributed by atoms with Crippen molar-refractivity contribution in [2.24, 2.45) is 4.99 Å². The average molecular weight is 269 g/mol. The summed E-state index contributed by atoms with van der Waals surface area (Å²) >= 11 is 0. The second-order valence-corrected chi connectivity index (χ2v) is 5.07. The van der Waals surface area contributed by atoms with Gasteiger partial charge in [0.25, 0.3) is 0 Å². The van der Waals surface area contributed by atoms with Gasteiger partial charge in [-0.25, -0.2) is 0 Å². The SMILES string of the molecule is C=C(C)/C(=C/C=C(C)C)C(=C)C\C=C/C(C)=N/C=C\C. The fourth-order valence-electron chi connectivity index (χ4n) is 1.53. The number of hydrogen-bond donors (Lipinski definition) is 0. The first kappa shape index (κ1) is 18.1. The first-order valence-electron chi connectivity index (χ1n) is 6.89. The molecule has 0 aromatic carbocycles. The topological polar surface area (TPSA) is 12.4 Å². The summed E-state index contributed by atoms with van der Waals surface area (Å²) in [7, 11) is 0. The van der Waals surface area contributed by atoms with E-state index in [2.05, 4.69) is 50.2 Å². The largest absolute Gasteiger partial charge is 0.262 e. The molecule has 1 heteroatoms. The fourth-order valence-corrected chi connectivity index (χ4v) is 1.53. The van der Waals surface area contributed by atoms with E-state index in [0.717, 1.165) is 28.9 Å². The molecule has 0 bridgehead atoms. The zero-order chi connectivity index (χ0) is 15.5. The standard InChI is InChI=1S/C19H27N/c1-8-14-20-18(7)11-9-10-17(6)19(16(4)5)13-12-15(2)3/h8-9,11-14H,4,6,10H2,1-3,5,7H3/b11-9-,14-8-,19-13-,20-18+. The molecule has 0 radical (unpaired) electrons. The monoisotopic (exact) mass is 269 g/mol. The molecule has 0 saturated heterocycles. The Kier molecular flexibility index (Phi) is 9.02. The maximum absolute atomic E-state index is 4.26. The third-order valence-electron chi connectivity index (χ3n) is 2.57. The van der Waals surface area contributed by atoms with E-state index in [1.807, 2.05) is 32.9 Å². The highest BCUT2D eigenvalue weighted by Gasteiger charge is 2.01. The van der Waals surface area contributed by atoms with E-state index in [9.17, 15) is 0 Å². The van der Waals surface area contributed by atoms with E-state index in [-0.39, 0.29) is 0 Å². The molecule has 20 heavy (non-hydrogen) atoms. The van der Waals surface area contributed by atoms with Crippen molar-refractivity contribution < 1.29 is 0 Å². The lowest BCUT2D eigenvalue weighted by molar-refractivity contribution is 1.22. The van der Waals surface area contributed by atoms with E-state index in [0.29, 0.717) is 0 Å². The Balaban J connectivity index is 4.81. The van der Waals surface area contributed by atoms with E-state index in [1.165, 1.54) is 5.57 Å². The first-order chi connectivity index (χ1) is 9.38. The molecule has 0 aliphatic carbocycles. The summed E-state index contributed by atoms with van der Waals surface area (Å²) in [5, 5.41) is 0. The van der Waals surface area contributed by atoms with Gasteiger partial charge in [0.2, 0.25) is 0 Å². The number of allylic oxidation sites excluding steroid dienone is 9. The summed E-state index contributed by atoms with van der Waals surface area (Å²) in [5.74, 6) is 0. The van der Waals surface area contributed by atoms with Gasteiger partial charge in [0, 0.05) is 11.9 Å². The highest BCUT2D eigenvalue weighted by molar-refractivity contribution is 5.93. The second-order valence-electron chi connectivity index (χ2n) is 5.07. The van der Waals surface area contributed by atoms with Crippen LogP contribution in [0.3, 0.4) is 0 Å². The van der Waals surface area contributed by atoms with E-state index in [4.69, 9.17) is 0 Å². The lowest BCUT2D eigenvalue weighted by atomic mass is 9.97. The summed E-state index contributed by atoms with van der Waals surface area (Å²) in [5.41, 5.74) is 5.49. The van der Waals surface area contributed by atoms with E-state index in [1.54, 1.807) is 6.20 Å². The number of rotatable bonds is 7. The second kappa shape index (κ2) is 9.96. The molecule has 0 rings (SSSR count). The zero-order valence-electron chi connectivity index (χ0n) is 13.5. The lowest BCUT2D eigenvalue weighted by Gasteiger charge is -2.08. The van der Waals surface area contributed by atoms with Gasteiger partial charge < -0.3 is 0 Å². The summed E-state index contributed by atoms with van der Waals surface area (Å²) in [6.45, 7) is 18.3. The summed E-state index contributed by atoms with van der Waals surface area (Å²) < 4.78 is 0. The maximum Gasteiger partial charge on any atom is 0.0369 e. The molecule has 0 aromatic rings. The van der Waals surface area contributed by atoms with E-state index >= 15 is 0 Å². The van der Waals surface area contributed by atoms with Gasteiger partial charge in [-0.3, -0.25) is 4.99 Å². The van der Waals surface area contributed by atoms with Crippen molar-refractivity contribution in [2.45, 2.75) is 41.0 Å². The van der Waals surface area contributed by atoms with Gasteiger partial charge in [0.05, 0.1) is 0 Å². The molecule has 0 unspecified atom stereocenters. The molecule has 0 atom stereocenters. The van der Waals surface area contributed by atoms with Crippen LogP contribution in [0.2, 0.25) is 0 Å². The molecule has 108 valence electrons. The summed E-state index contributed by atoms with van der Waals surface area (Å²) in [4.78, 5) is 4.26. The molecule has 1 nitrogen and oxygen atoms in total. The van der Waals surface area contributed by atoms with E-state index < -0.39 is 0 Å². The van der Waals surface area contributed by atoms with Crippen molar-refractivity contribution >= 4 is 5.71 Å². The van der Waals surface area contributed by atoms with Crippen molar-refractivity contribution in [3.8, 4) is 0 Å². The predicted octanol–water partition coefficient (Wildman–Crippen LogP) is 5.95. The van der Waals surface area contributed by atoms with Gasteiger partial charge in [-0.15, -0.1) is 0 Å². The Morgan fingerprint density at radius 1 is 1.05 bits per heavy atom. The van der Waals surface area contributed by atoms with Crippen molar-refractivity contribution in [1.82, 2.24) is 0 Å². The normalized spacial score (nSPS) is 13.1. The third-order valence-corrected chi connectivity index (χ3v) is 2.57. The van der Waals surface area contributed by atoms with Crippen LogP contribution in [0, 0.1) is 0 Å². The molecule has 0 aliphatic heterocycles. The molecular formula is C19H27N. The van der Waals surface area contributed by atoms with Crippen molar-refractivity contribution in [2.75, 3.05) is 0 Å². The van der Waals surface area contributed by atoms with Crippen molar-refractivity contribution in [3.05, 3.63) is 72.0 Å². The Hall–Kier alpha value is -1.89. The van der Waals surface area contributed by atoms with Gasteiger partial charge in [0.15, 0.2) is 0 Å². The third kappa shape index (κ3) is 8.25. The van der Waals surface area contributed by atoms with Crippen LogP contribution < -0.4 is 0 Å². The Morgan fingerprint density at radius 2 is 1.70 bits per heavy atom. The Morgan fingerprint density at radius 3 is 2.20 bits per heavy atom. The molecule has 0 N–H and O–H groups in total. The first-order valence-corrected chi connectivity index (χ1v) is 6.89. The number of nitrogens with zero attached hydrogens (tertiary/aromatic N) is 1. The van der Waals surface area contributed by atoms with Gasteiger partial charge in [0.1, 0.15) is 0 Å². The van der Waals surface area contributed by atoms with Crippen LogP contribution in [-0.2, 0) is 0 Å². The van der Waals surface area contributed by atoms with Crippen molar-refractivity contribution in [1.29, 1.82) is 0 Å². The molecule has 0 aromatic heterocycles. The van der Waals surface area contributed by atoms with Crippen LogP contribution in [-0.4, -0.2) is 5.71 Å². The lowest BCUT2D eigenvalue weighted by Crippen LogP contribution is -1.90. The zero-order valence-corrected chi connectivity index (χ0v) is 13.5. The number of aliphatic imine (C=N–C) groups is 1. The molecule has 0 fully saturated rings. The quantitative estimate of drug-likeness (QED) is 0.400. The van der Waals surface area contributed by atoms with Crippen LogP contribution in [0.4, 0.5) is 0 Å². The minimum Gasteiger partial charge on any atom is -0.262 e. The smallest absolute Gasteiger partial charge is 0.0369 e. The van der Waals surface area contributed by atoms with Crippen molar-refractivity contribution in [3.63, 3.8) is 0 Å². The summed E-state index contributed by atoms with van der Waals surface area (Å²) in [6, 6.07) is 0. The van der Waals surface area contributed by atoms with Gasteiger partial charge in [-0.05, 0) is 58.3 Å². The van der Waals surface area contributed by atoms with Gasteiger partial charge >= 0.3 is 0 Å². The van der Waals surface area contributed by atoms with Gasteiger partial charge in [-0.2, -0.15) is 0 Å². The molecule has 0 heterocycles. The number of hydrogen-bond acceptors (Lipinski definition) is 1. The highest BCUT2D eigenvalue weighted by atomic mass is 14.7. The average Bonchev–Trinajstić information content (AvgIpc) is 2.35. The molecule has 0 spiro atoms. The molecule has 0 amide bonds. The fraction of sp³-hybridized carbons (Fsp3) is 0.316. The Labute approximate surface area is 124 Å². The molecular weight excluding hydrogens is 242 g/mol. The minimum absolute atomic E-state index is 0.804. The minimum atomic E-state index is 0.804. The van der Waals surface area contributed by atoms with Crippen LogP contribution in [0.25, 0.3) is 0 Å². The van der Waals surface area contributed by atoms with Crippen LogP contribution in [0.15, 0.2) is 77.0 Å². The Bertz CT molecular complexity index is 490. The van der Waals surface area contributed by atoms with Gasteiger partial charge in [-0.1, -0.05) is 48.6 Å². The summed E-state index contributed by atoms with van der Waals surface area (Å²) in [6.07, 6.45) is 12.8.